The number of methoxy groups -OCH3 is 1. The van der Waals surface area contributed by atoms with Crippen molar-refractivity contribution in [2.24, 2.45) is 5.73 Å². The van der Waals surface area contributed by atoms with Gasteiger partial charge in [0.1, 0.15) is 5.75 Å². The van der Waals surface area contributed by atoms with Crippen molar-refractivity contribution in [2.75, 3.05) is 7.11 Å². The summed E-state index contributed by atoms with van der Waals surface area (Å²) in [5.41, 5.74) is 6.66. The van der Waals surface area contributed by atoms with E-state index in [1.807, 2.05) is 38.1 Å². The third-order valence-electron chi connectivity index (χ3n) is 2.83. The highest BCUT2D eigenvalue weighted by Gasteiger charge is 2.21. The van der Waals surface area contributed by atoms with Crippen LogP contribution in [0, 0.1) is 0 Å². The summed E-state index contributed by atoms with van der Waals surface area (Å²) in [6.07, 6.45) is 0. The summed E-state index contributed by atoms with van der Waals surface area (Å²) in [4.78, 5) is 13.8. The van der Waals surface area contributed by atoms with Crippen molar-refractivity contribution in [1.29, 1.82) is 0 Å². The Hall–Kier alpha value is -1.55. The molecule has 4 nitrogen and oxygen atoms in total. The molecule has 0 heterocycles. The van der Waals surface area contributed by atoms with Crippen molar-refractivity contribution in [2.45, 2.75) is 39.4 Å². The molecule has 0 fully saturated rings. The summed E-state index contributed by atoms with van der Waals surface area (Å²) in [6, 6.07) is 7.32. The first-order valence-corrected chi connectivity index (χ1v) is 6.15. The minimum absolute atomic E-state index is 0.0455. The second kappa shape index (κ2) is 6.40. The molecule has 1 atom stereocenters. The smallest absolute Gasteiger partial charge is 0.239 e. The van der Waals surface area contributed by atoms with Gasteiger partial charge in [0.2, 0.25) is 5.91 Å². The highest BCUT2D eigenvalue weighted by atomic mass is 16.5. The van der Waals surface area contributed by atoms with Crippen molar-refractivity contribution < 1.29 is 9.53 Å². The molecule has 4 heteroatoms. The largest absolute Gasteiger partial charge is 0.496 e. The van der Waals surface area contributed by atoms with Gasteiger partial charge in [0.25, 0.3) is 0 Å². The summed E-state index contributed by atoms with van der Waals surface area (Å²) in [5.74, 6) is 0.747. The zero-order chi connectivity index (χ0) is 13.7. The molecule has 0 spiro atoms. The van der Waals surface area contributed by atoms with Crippen LogP contribution in [0.1, 0.15) is 26.3 Å². The fourth-order valence-electron chi connectivity index (χ4n) is 1.79. The van der Waals surface area contributed by atoms with E-state index in [1.54, 1.807) is 18.9 Å². The molecule has 0 aromatic heterocycles. The van der Waals surface area contributed by atoms with Crippen LogP contribution in [0.15, 0.2) is 24.3 Å². The van der Waals surface area contributed by atoms with E-state index in [1.165, 1.54) is 0 Å². The highest BCUT2D eigenvalue weighted by Crippen LogP contribution is 2.20. The van der Waals surface area contributed by atoms with E-state index in [0.29, 0.717) is 6.54 Å². The minimum Gasteiger partial charge on any atom is -0.496 e. The first kappa shape index (κ1) is 14.5. The molecule has 0 aliphatic heterocycles. The van der Waals surface area contributed by atoms with Crippen molar-refractivity contribution in [3.05, 3.63) is 29.8 Å². The molecule has 1 aromatic rings. The Morgan fingerprint density at radius 1 is 1.33 bits per heavy atom. The van der Waals surface area contributed by atoms with E-state index in [0.717, 1.165) is 11.3 Å². The molecule has 100 valence electrons. The van der Waals surface area contributed by atoms with E-state index in [9.17, 15) is 4.79 Å². The number of nitrogens with two attached hydrogens (primary N) is 1. The lowest BCUT2D eigenvalue weighted by Crippen LogP contribution is -2.45. The van der Waals surface area contributed by atoms with Crippen LogP contribution in [0.25, 0.3) is 0 Å². The number of hydrogen-bond acceptors (Lipinski definition) is 3. The number of carbonyl (C=O) groups is 1. The molecule has 0 aliphatic carbocycles. The maximum absolute atomic E-state index is 12.0. The Morgan fingerprint density at radius 2 is 1.94 bits per heavy atom. The van der Waals surface area contributed by atoms with Gasteiger partial charge in [-0.2, -0.15) is 0 Å². The molecule has 0 unspecified atom stereocenters. The van der Waals surface area contributed by atoms with Crippen LogP contribution < -0.4 is 10.5 Å². The molecule has 0 saturated heterocycles. The highest BCUT2D eigenvalue weighted by molar-refractivity contribution is 5.81. The quantitative estimate of drug-likeness (QED) is 0.866. The standard InChI is InChI=1S/C14H22N2O2/c1-10(2)16(14(17)11(3)15)9-12-7-5-6-8-13(12)18-4/h5-8,10-11H,9,15H2,1-4H3/t11-/m0/s1. The van der Waals surface area contributed by atoms with Gasteiger partial charge >= 0.3 is 0 Å². The van der Waals surface area contributed by atoms with Crippen LogP contribution in [-0.4, -0.2) is 30.0 Å². The van der Waals surface area contributed by atoms with Crippen LogP contribution in [-0.2, 0) is 11.3 Å². The number of nitrogens with zero attached hydrogens (tertiary/aromatic N) is 1. The topological polar surface area (TPSA) is 55.6 Å². The maximum Gasteiger partial charge on any atom is 0.239 e. The van der Waals surface area contributed by atoms with Gasteiger partial charge in [0.05, 0.1) is 13.2 Å². The van der Waals surface area contributed by atoms with Crippen LogP contribution in [0.5, 0.6) is 5.75 Å². The number of benzene rings is 1. The molecule has 2 N–H and O–H groups in total. The Morgan fingerprint density at radius 3 is 2.44 bits per heavy atom. The molecular formula is C14H22N2O2. The first-order valence-electron chi connectivity index (χ1n) is 6.15. The Kier molecular flexibility index (Phi) is 5.16. The summed E-state index contributed by atoms with van der Waals surface area (Å²) in [6.45, 7) is 6.19. The third kappa shape index (κ3) is 3.47. The van der Waals surface area contributed by atoms with Crippen LogP contribution in [0.3, 0.4) is 0 Å². The lowest BCUT2D eigenvalue weighted by Gasteiger charge is -2.29. The molecular weight excluding hydrogens is 228 g/mol. The van der Waals surface area contributed by atoms with Crippen LogP contribution in [0.4, 0.5) is 0 Å². The molecule has 1 amide bonds. The van der Waals surface area contributed by atoms with Gasteiger partial charge in [-0.05, 0) is 26.8 Å². The van der Waals surface area contributed by atoms with Crippen molar-refractivity contribution >= 4 is 5.91 Å². The summed E-state index contributed by atoms with van der Waals surface area (Å²) < 4.78 is 5.30. The predicted octanol–water partition coefficient (Wildman–Crippen LogP) is 1.78. The van der Waals surface area contributed by atoms with Crippen LogP contribution in [0.2, 0.25) is 0 Å². The zero-order valence-electron chi connectivity index (χ0n) is 11.5. The fourth-order valence-corrected chi connectivity index (χ4v) is 1.79. The maximum atomic E-state index is 12.0. The molecule has 0 bridgehead atoms. The van der Waals surface area contributed by atoms with E-state index in [-0.39, 0.29) is 11.9 Å². The molecule has 18 heavy (non-hydrogen) atoms. The summed E-state index contributed by atoms with van der Waals surface area (Å²) in [5, 5.41) is 0. The number of amides is 1. The monoisotopic (exact) mass is 250 g/mol. The lowest BCUT2D eigenvalue weighted by molar-refractivity contribution is -0.134. The third-order valence-corrected chi connectivity index (χ3v) is 2.83. The molecule has 1 aromatic carbocycles. The number of rotatable bonds is 5. The SMILES string of the molecule is COc1ccccc1CN(C(=O)[C@H](C)N)C(C)C. The molecule has 0 aliphatic rings. The number of hydrogen-bond donors (Lipinski definition) is 1. The average molecular weight is 250 g/mol. The Bertz CT molecular complexity index is 403. The van der Waals surface area contributed by atoms with E-state index in [2.05, 4.69) is 0 Å². The number of carbonyl (C=O) groups excluding carboxylic acids is 1. The van der Waals surface area contributed by atoms with Gasteiger partial charge in [-0.25, -0.2) is 0 Å². The number of para-hydroxylation sites is 1. The second-order valence-electron chi connectivity index (χ2n) is 4.66. The zero-order valence-corrected chi connectivity index (χ0v) is 11.5. The van der Waals surface area contributed by atoms with Gasteiger partial charge in [-0.15, -0.1) is 0 Å². The van der Waals surface area contributed by atoms with E-state index in [4.69, 9.17) is 10.5 Å². The lowest BCUT2D eigenvalue weighted by atomic mass is 10.1. The minimum atomic E-state index is -0.484. The van der Waals surface area contributed by atoms with E-state index >= 15 is 0 Å². The predicted molar refractivity (Wildman–Crippen MR) is 72.3 cm³/mol. The molecule has 0 saturated carbocycles. The van der Waals surface area contributed by atoms with Gasteiger partial charge in [-0.1, -0.05) is 18.2 Å². The first-order chi connectivity index (χ1) is 8.47. The average Bonchev–Trinajstić information content (AvgIpc) is 2.35. The van der Waals surface area contributed by atoms with Crippen LogP contribution >= 0.6 is 0 Å². The second-order valence-corrected chi connectivity index (χ2v) is 4.66. The van der Waals surface area contributed by atoms with Crippen molar-refractivity contribution in [3.8, 4) is 5.75 Å². The summed E-state index contributed by atoms with van der Waals surface area (Å²) in [7, 11) is 1.63. The molecule has 0 radical (unpaired) electrons. The Labute approximate surface area is 109 Å². The molecule has 1 rings (SSSR count). The number of ether oxygens (including phenoxy) is 1. The van der Waals surface area contributed by atoms with Crippen molar-refractivity contribution in [1.82, 2.24) is 4.90 Å². The van der Waals surface area contributed by atoms with Gasteiger partial charge < -0.3 is 15.4 Å². The van der Waals surface area contributed by atoms with Crippen molar-refractivity contribution in [3.63, 3.8) is 0 Å². The Balaban J connectivity index is 2.93. The fraction of sp³-hybridized carbons (Fsp3) is 0.500. The van der Waals surface area contributed by atoms with Gasteiger partial charge in [-0.3, -0.25) is 4.79 Å². The van der Waals surface area contributed by atoms with E-state index < -0.39 is 6.04 Å². The summed E-state index contributed by atoms with van der Waals surface area (Å²) >= 11 is 0. The van der Waals surface area contributed by atoms with Gasteiger partial charge in [0.15, 0.2) is 0 Å². The van der Waals surface area contributed by atoms with Gasteiger partial charge in [0, 0.05) is 18.2 Å². The normalized spacial score (nSPS) is 12.3.